The Bertz CT molecular complexity index is 804. The van der Waals surface area contributed by atoms with Crippen LogP contribution in [0.25, 0.3) is 0 Å². The van der Waals surface area contributed by atoms with E-state index in [-0.39, 0.29) is 10.7 Å². The van der Waals surface area contributed by atoms with E-state index in [2.05, 4.69) is 4.98 Å². The van der Waals surface area contributed by atoms with Crippen LogP contribution in [0.4, 0.5) is 23.0 Å². The maximum absolute atomic E-state index is 12.7. The van der Waals surface area contributed by atoms with Crippen LogP contribution in [-0.4, -0.2) is 36.3 Å². The fourth-order valence-electron chi connectivity index (χ4n) is 2.18. The van der Waals surface area contributed by atoms with E-state index in [0.29, 0.717) is 4.90 Å². The second-order valence-corrected chi connectivity index (χ2v) is 6.34. The number of rotatable bonds is 3. The zero-order chi connectivity index (χ0) is 17.6. The molecule has 8 nitrogen and oxygen atoms in total. The molecule has 1 atom stereocenters. The lowest BCUT2D eigenvalue weighted by Crippen LogP contribution is -2.38. The molecule has 1 aliphatic rings. The lowest BCUT2D eigenvalue weighted by Gasteiger charge is -2.19. The molecule has 1 unspecified atom stereocenters. The van der Waals surface area contributed by atoms with Gasteiger partial charge >= 0.3 is 16.4 Å². The number of hydrogen-bond donors (Lipinski definition) is 1. The highest BCUT2D eigenvalue weighted by Crippen LogP contribution is 2.29. The van der Waals surface area contributed by atoms with Gasteiger partial charge in [-0.25, -0.2) is 4.98 Å². The first-order chi connectivity index (χ1) is 10.4. The van der Waals surface area contributed by atoms with Crippen molar-refractivity contribution in [1.82, 2.24) is 9.66 Å². The third-order valence-electron chi connectivity index (χ3n) is 3.11. The molecule has 13 heteroatoms. The molecule has 0 aliphatic carbocycles. The van der Waals surface area contributed by atoms with Gasteiger partial charge in [0.15, 0.2) is 5.69 Å². The molecule has 128 valence electrons. The van der Waals surface area contributed by atoms with Crippen molar-refractivity contribution in [3.8, 4) is 0 Å². The molecule has 2 rings (SSSR count). The van der Waals surface area contributed by atoms with Crippen LogP contribution >= 0.6 is 0 Å². The lowest BCUT2D eigenvalue weighted by atomic mass is 10.1. The van der Waals surface area contributed by atoms with Crippen molar-refractivity contribution >= 4 is 22.1 Å². The lowest BCUT2D eigenvalue weighted by molar-refractivity contribution is -0.141. The molecule has 1 saturated heterocycles. The largest absolute Gasteiger partial charge is 0.433 e. The Labute approximate surface area is 126 Å². The summed E-state index contributed by atoms with van der Waals surface area (Å²) < 4.78 is 72.1. The summed E-state index contributed by atoms with van der Waals surface area (Å²) in [7, 11) is -4.87. The Kier molecular flexibility index (Phi) is 4.09. The highest BCUT2D eigenvalue weighted by atomic mass is 32.3. The number of aromatic nitrogens is 2. The van der Waals surface area contributed by atoms with Gasteiger partial charge in [0.05, 0.1) is 5.75 Å². The minimum absolute atomic E-state index is 0.160. The van der Waals surface area contributed by atoms with Crippen LogP contribution in [0.15, 0.2) is 10.9 Å². The summed E-state index contributed by atoms with van der Waals surface area (Å²) >= 11 is 0. The minimum atomic E-state index is -4.94. The van der Waals surface area contributed by atoms with Gasteiger partial charge in [-0.05, 0) is 0 Å². The molecule has 1 aromatic heterocycles. The van der Waals surface area contributed by atoms with Crippen LogP contribution in [-0.2, 0) is 21.2 Å². The van der Waals surface area contributed by atoms with E-state index in [9.17, 15) is 35.1 Å². The van der Waals surface area contributed by atoms with Gasteiger partial charge in [0.25, 0.3) is 5.56 Å². The highest BCUT2D eigenvalue weighted by Gasteiger charge is 2.39. The Morgan fingerprint density at radius 2 is 1.96 bits per heavy atom. The molecule has 23 heavy (non-hydrogen) atoms. The molecule has 1 aliphatic heterocycles. The van der Waals surface area contributed by atoms with Crippen molar-refractivity contribution in [2.24, 2.45) is 5.92 Å². The highest BCUT2D eigenvalue weighted by molar-refractivity contribution is 7.86. The summed E-state index contributed by atoms with van der Waals surface area (Å²) in [4.78, 5) is 27.1. The molecule has 0 aromatic carbocycles. The zero-order valence-corrected chi connectivity index (χ0v) is 12.1. The molecule has 1 amide bonds. The second-order valence-electron chi connectivity index (χ2n) is 4.93. The van der Waals surface area contributed by atoms with E-state index in [1.165, 1.54) is 0 Å². The van der Waals surface area contributed by atoms with Gasteiger partial charge in [0.1, 0.15) is 0 Å². The van der Waals surface area contributed by atoms with E-state index in [0.717, 1.165) is 0 Å². The quantitative estimate of drug-likeness (QED) is 0.448. The number of nitrogens with two attached hydrogens (primary N) is 1. The van der Waals surface area contributed by atoms with Crippen molar-refractivity contribution in [2.75, 3.05) is 23.0 Å². The number of hydrogen-bond acceptors (Lipinski definition) is 6. The topological polar surface area (TPSA) is 115 Å². The fraction of sp³-hybridized carbons (Fsp3) is 0.500. The van der Waals surface area contributed by atoms with E-state index in [1.54, 1.807) is 0 Å². The van der Waals surface area contributed by atoms with Gasteiger partial charge in [-0.15, -0.1) is 3.89 Å². The van der Waals surface area contributed by atoms with E-state index in [4.69, 9.17) is 5.84 Å². The first-order valence-electron chi connectivity index (χ1n) is 6.07. The van der Waals surface area contributed by atoms with Gasteiger partial charge in [0.2, 0.25) is 11.9 Å². The number of anilines is 1. The number of alkyl halides is 3. The van der Waals surface area contributed by atoms with Crippen LogP contribution in [0.3, 0.4) is 0 Å². The molecular weight excluding hydrogens is 348 g/mol. The van der Waals surface area contributed by atoms with Crippen molar-refractivity contribution in [1.29, 1.82) is 0 Å². The van der Waals surface area contributed by atoms with E-state index in [1.807, 2.05) is 0 Å². The zero-order valence-electron chi connectivity index (χ0n) is 11.2. The molecule has 0 radical (unpaired) electrons. The third-order valence-corrected chi connectivity index (χ3v) is 3.97. The van der Waals surface area contributed by atoms with Crippen molar-refractivity contribution in [3.63, 3.8) is 0 Å². The fourth-order valence-corrected chi connectivity index (χ4v) is 2.97. The molecule has 0 bridgehead atoms. The monoisotopic (exact) mass is 358 g/mol. The first kappa shape index (κ1) is 17.2. The molecule has 1 fully saturated rings. The minimum Gasteiger partial charge on any atom is -0.333 e. The van der Waals surface area contributed by atoms with Crippen LogP contribution in [0.1, 0.15) is 12.1 Å². The van der Waals surface area contributed by atoms with E-state index < -0.39 is 64.1 Å². The van der Waals surface area contributed by atoms with Gasteiger partial charge in [0, 0.05) is 24.9 Å². The molecule has 2 N–H and O–H groups in total. The van der Waals surface area contributed by atoms with E-state index >= 15 is 0 Å². The predicted molar refractivity (Wildman–Crippen MR) is 69.0 cm³/mol. The number of amides is 1. The summed E-state index contributed by atoms with van der Waals surface area (Å²) in [5.74, 6) is 1.75. The number of nitrogen functional groups attached to an aromatic ring is 1. The summed E-state index contributed by atoms with van der Waals surface area (Å²) in [6.07, 6.45) is -5.36. The van der Waals surface area contributed by atoms with Gasteiger partial charge in [-0.1, -0.05) is 0 Å². The van der Waals surface area contributed by atoms with Gasteiger partial charge in [-0.2, -0.15) is 26.3 Å². The van der Waals surface area contributed by atoms with Crippen molar-refractivity contribution in [2.45, 2.75) is 12.6 Å². The smallest absolute Gasteiger partial charge is 0.333 e. The Morgan fingerprint density at radius 1 is 1.35 bits per heavy atom. The standard InChI is InChI=1S/C10H10F4N4O4S/c11-10(12,13)6-2-8(20)18(15)9(16-6)17-3-5(1-7(17)19)4-23(14,21)22/h2,5H,1,3-4,15H2. The number of carbonyl (C=O) groups is 1. The average Bonchev–Trinajstić information content (AvgIpc) is 2.69. The Morgan fingerprint density at radius 3 is 2.48 bits per heavy atom. The SMILES string of the molecule is Nn1c(N2CC(CS(=O)(=O)F)CC2=O)nc(C(F)(F)F)cc1=O. The van der Waals surface area contributed by atoms with Gasteiger partial charge < -0.3 is 5.84 Å². The van der Waals surface area contributed by atoms with Crippen LogP contribution in [0.5, 0.6) is 0 Å². The summed E-state index contributed by atoms with van der Waals surface area (Å²) in [6, 6.07) is 0.160. The summed E-state index contributed by atoms with van der Waals surface area (Å²) in [6.45, 7) is -0.424. The summed E-state index contributed by atoms with van der Waals surface area (Å²) in [5.41, 5.74) is -2.80. The predicted octanol–water partition coefficient (Wildman–Crippen LogP) is -0.372. The molecular formula is C10H10F4N4O4S. The molecule has 2 heterocycles. The number of nitrogens with zero attached hydrogens (tertiary/aromatic N) is 3. The Balaban J connectivity index is 2.40. The Hall–Kier alpha value is -2.18. The van der Waals surface area contributed by atoms with Crippen LogP contribution < -0.4 is 16.3 Å². The normalized spacial score (nSPS) is 19.4. The maximum atomic E-state index is 12.7. The number of carbonyl (C=O) groups excluding carboxylic acids is 1. The summed E-state index contributed by atoms with van der Waals surface area (Å²) in [5, 5.41) is 0. The molecule has 1 aromatic rings. The first-order valence-corrected chi connectivity index (χ1v) is 7.63. The average molecular weight is 358 g/mol. The van der Waals surface area contributed by atoms with Crippen LogP contribution in [0.2, 0.25) is 0 Å². The number of halogens is 4. The maximum Gasteiger partial charge on any atom is 0.433 e. The second kappa shape index (κ2) is 5.47. The van der Waals surface area contributed by atoms with Crippen molar-refractivity contribution < 1.29 is 30.3 Å². The third kappa shape index (κ3) is 3.78. The van der Waals surface area contributed by atoms with Crippen LogP contribution in [0, 0.1) is 5.92 Å². The molecule has 0 spiro atoms. The van der Waals surface area contributed by atoms with Crippen molar-refractivity contribution in [3.05, 3.63) is 22.1 Å². The van der Waals surface area contributed by atoms with Gasteiger partial charge in [-0.3, -0.25) is 14.5 Å². The molecule has 0 saturated carbocycles.